The van der Waals surface area contributed by atoms with Crippen LogP contribution in [0.3, 0.4) is 0 Å². The Kier molecular flexibility index (Phi) is 6.13. The number of hydrogen-bond acceptors (Lipinski definition) is 4. The molecule has 0 saturated carbocycles. The van der Waals surface area contributed by atoms with Gasteiger partial charge in [0.25, 0.3) is 11.8 Å². The molecule has 0 fully saturated rings. The number of rotatable bonds is 4. The molecule has 24 heavy (non-hydrogen) atoms. The molecule has 1 aromatic carbocycles. The molecule has 1 unspecified atom stereocenters. The average Bonchev–Trinajstić information content (AvgIpc) is 2.48. The monoisotopic (exact) mass is 331 g/mol. The van der Waals surface area contributed by atoms with Gasteiger partial charge in [0.15, 0.2) is 0 Å². The van der Waals surface area contributed by atoms with Crippen molar-refractivity contribution in [3.8, 4) is 11.8 Å². The van der Waals surface area contributed by atoms with Gasteiger partial charge in [-0.2, -0.15) is 0 Å². The van der Waals surface area contributed by atoms with Crippen LogP contribution in [0.4, 0.5) is 0 Å². The van der Waals surface area contributed by atoms with Crippen LogP contribution in [0.1, 0.15) is 50.5 Å². The molecule has 130 valence electrons. The van der Waals surface area contributed by atoms with Gasteiger partial charge in [0.05, 0.1) is 0 Å². The highest BCUT2D eigenvalue weighted by molar-refractivity contribution is 5.97. The molecule has 0 saturated heterocycles. The van der Waals surface area contributed by atoms with E-state index >= 15 is 0 Å². The molecule has 0 aliphatic rings. The molecule has 0 spiro atoms. The first-order valence-electron chi connectivity index (χ1n) is 7.61. The van der Waals surface area contributed by atoms with Gasteiger partial charge in [0.1, 0.15) is 6.04 Å². The van der Waals surface area contributed by atoms with E-state index in [4.69, 9.17) is 10.9 Å². The second kappa shape index (κ2) is 7.47. The first-order chi connectivity index (χ1) is 10.9. The fourth-order valence-electron chi connectivity index (χ4n) is 1.83. The molecule has 0 aliphatic heterocycles. The highest BCUT2D eigenvalue weighted by atomic mass is 16.5. The summed E-state index contributed by atoms with van der Waals surface area (Å²) >= 11 is 0. The van der Waals surface area contributed by atoms with E-state index in [0.717, 1.165) is 5.56 Å². The summed E-state index contributed by atoms with van der Waals surface area (Å²) in [7, 11) is 0. The Balaban J connectivity index is 2.91. The molecule has 1 rings (SSSR count). The summed E-state index contributed by atoms with van der Waals surface area (Å²) < 4.78 is 0. The third kappa shape index (κ3) is 6.03. The summed E-state index contributed by atoms with van der Waals surface area (Å²) in [6.45, 7) is 9.21. The number of carbonyl (C=O) groups is 2. The average molecular weight is 331 g/mol. The Morgan fingerprint density at radius 1 is 1.12 bits per heavy atom. The van der Waals surface area contributed by atoms with Crippen molar-refractivity contribution in [2.45, 2.75) is 46.2 Å². The second-order valence-corrected chi connectivity index (χ2v) is 7.28. The number of hydroxylamine groups is 1. The predicted octanol–water partition coefficient (Wildman–Crippen LogP) is 1.43. The van der Waals surface area contributed by atoms with Crippen LogP contribution in [-0.4, -0.2) is 28.6 Å². The molecule has 0 aliphatic carbocycles. The lowest BCUT2D eigenvalue weighted by molar-refractivity contribution is -0.132. The van der Waals surface area contributed by atoms with E-state index in [2.05, 4.69) is 17.2 Å². The van der Waals surface area contributed by atoms with Gasteiger partial charge in [-0.3, -0.25) is 14.8 Å². The number of amides is 2. The largest absolute Gasteiger partial charge is 0.338 e. The number of nitrogens with one attached hydrogen (secondary N) is 2. The third-order valence-electron chi connectivity index (χ3n) is 3.12. The third-order valence-corrected chi connectivity index (χ3v) is 3.12. The molecule has 5 N–H and O–H groups in total. The van der Waals surface area contributed by atoms with E-state index in [9.17, 15) is 9.59 Å². The van der Waals surface area contributed by atoms with E-state index in [-0.39, 0.29) is 5.41 Å². The van der Waals surface area contributed by atoms with E-state index in [0.29, 0.717) is 5.56 Å². The summed E-state index contributed by atoms with van der Waals surface area (Å²) in [6, 6.07) is 5.65. The minimum Gasteiger partial charge on any atom is -0.338 e. The van der Waals surface area contributed by atoms with Crippen LogP contribution >= 0.6 is 0 Å². The van der Waals surface area contributed by atoms with Crippen molar-refractivity contribution in [3.05, 3.63) is 35.4 Å². The topological polar surface area (TPSA) is 104 Å². The van der Waals surface area contributed by atoms with Crippen LogP contribution < -0.4 is 16.5 Å². The lowest BCUT2D eigenvalue weighted by Gasteiger charge is -2.29. The first-order valence-corrected chi connectivity index (χ1v) is 7.61. The number of carbonyl (C=O) groups excluding carboxylic acids is 2. The molecular formula is C18H25N3O3. The van der Waals surface area contributed by atoms with Crippen LogP contribution in [0.25, 0.3) is 0 Å². The van der Waals surface area contributed by atoms with Crippen LogP contribution in [-0.2, 0) is 4.79 Å². The maximum Gasteiger partial charge on any atom is 0.267 e. The fraction of sp³-hybridized carbons (Fsp3) is 0.444. The molecule has 0 bridgehead atoms. The van der Waals surface area contributed by atoms with E-state index in [1.54, 1.807) is 38.1 Å². The van der Waals surface area contributed by atoms with Crippen molar-refractivity contribution >= 4 is 11.8 Å². The number of nitrogens with two attached hydrogens (primary N) is 1. The van der Waals surface area contributed by atoms with Gasteiger partial charge in [0, 0.05) is 22.1 Å². The standard InChI is InChI=1S/C18H25N3O3/c1-17(2,3)11-10-12-6-8-13(9-7-12)15(22)20-14(16(23)21-24)18(4,5)19/h6-9,14,24H,19H2,1-5H3,(H,20,22)(H,21,23). The van der Waals surface area contributed by atoms with Crippen molar-refractivity contribution in [1.29, 1.82) is 0 Å². The molecule has 6 heteroatoms. The molecule has 1 aromatic rings. The predicted molar refractivity (Wildman–Crippen MR) is 92.2 cm³/mol. The van der Waals surface area contributed by atoms with Crippen LogP contribution in [0, 0.1) is 17.3 Å². The zero-order valence-electron chi connectivity index (χ0n) is 14.7. The highest BCUT2D eigenvalue weighted by Gasteiger charge is 2.33. The quantitative estimate of drug-likeness (QED) is 0.380. The Labute approximate surface area is 142 Å². The fourth-order valence-corrected chi connectivity index (χ4v) is 1.83. The van der Waals surface area contributed by atoms with E-state index in [1.165, 1.54) is 5.48 Å². The molecule has 0 aromatic heterocycles. The van der Waals surface area contributed by atoms with Gasteiger partial charge < -0.3 is 11.1 Å². The number of benzene rings is 1. The first kappa shape index (κ1) is 19.7. The van der Waals surface area contributed by atoms with Crippen molar-refractivity contribution in [3.63, 3.8) is 0 Å². The maximum atomic E-state index is 12.3. The van der Waals surface area contributed by atoms with Crippen molar-refractivity contribution in [2.75, 3.05) is 0 Å². The molecule has 0 radical (unpaired) electrons. The van der Waals surface area contributed by atoms with Gasteiger partial charge in [0.2, 0.25) is 0 Å². The van der Waals surface area contributed by atoms with Gasteiger partial charge >= 0.3 is 0 Å². The normalized spacial score (nSPS) is 12.6. The maximum absolute atomic E-state index is 12.3. The molecule has 2 amide bonds. The Morgan fingerprint density at radius 2 is 1.67 bits per heavy atom. The van der Waals surface area contributed by atoms with Crippen molar-refractivity contribution in [2.24, 2.45) is 11.1 Å². The van der Waals surface area contributed by atoms with E-state index < -0.39 is 23.4 Å². The number of hydrogen-bond donors (Lipinski definition) is 4. The smallest absolute Gasteiger partial charge is 0.267 e. The lowest BCUT2D eigenvalue weighted by Crippen LogP contribution is -2.61. The molecule has 0 heterocycles. The van der Waals surface area contributed by atoms with Crippen LogP contribution in [0.5, 0.6) is 0 Å². The summed E-state index contributed by atoms with van der Waals surface area (Å²) in [4.78, 5) is 24.0. The van der Waals surface area contributed by atoms with Crippen LogP contribution in [0.15, 0.2) is 24.3 Å². The van der Waals surface area contributed by atoms with Crippen molar-refractivity contribution in [1.82, 2.24) is 10.8 Å². The van der Waals surface area contributed by atoms with Gasteiger partial charge in [-0.1, -0.05) is 11.8 Å². The van der Waals surface area contributed by atoms with Gasteiger partial charge in [-0.05, 0) is 58.9 Å². The highest BCUT2D eigenvalue weighted by Crippen LogP contribution is 2.12. The minimum atomic E-state index is -1.07. The Bertz CT molecular complexity index is 656. The van der Waals surface area contributed by atoms with Gasteiger partial charge in [-0.25, -0.2) is 5.48 Å². The van der Waals surface area contributed by atoms with Gasteiger partial charge in [-0.15, -0.1) is 0 Å². The van der Waals surface area contributed by atoms with Crippen LogP contribution in [0.2, 0.25) is 0 Å². The zero-order chi connectivity index (χ0) is 18.5. The molecular weight excluding hydrogens is 306 g/mol. The lowest BCUT2D eigenvalue weighted by atomic mass is 9.95. The second-order valence-electron chi connectivity index (χ2n) is 7.28. The zero-order valence-corrected chi connectivity index (χ0v) is 14.7. The SMILES string of the molecule is CC(C)(C)C#Cc1ccc(C(=O)NC(C(=O)NO)C(C)(C)N)cc1. The van der Waals surface area contributed by atoms with E-state index in [1.807, 2.05) is 20.8 Å². The minimum absolute atomic E-state index is 0.104. The van der Waals surface area contributed by atoms with Crippen molar-refractivity contribution < 1.29 is 14.8 Å². The Morgan fingerprint density at radius 3 is 2.08 bits per heavy atom. The molecule has 6 nitrogen and oxygen atoms in total. The Hall–Kier alpha value is -2.36. The summed E-state index contributed by atoms with van der Waals surface area (Å²) in [6.07, 6.45) is 0. The summed E-state index contributed by atoms with van der Waals surface area (Å²) in [5.74, 6) is 4.92. The summed E-state index contributed by atoms with van der Waals surface area (Å²) in [5.41, 5.74) is 7.42. The summed E-state index contributed by atoms with van der Waals surface area (Å²) in [5, 5.41) is 11.3. The molecule has 1 atom stereocenters.